The van der Waals surface area contributed by atoms with Crippen molar-refractivity contribution >= 4 is 38.9 Å². The van der Waals surface area contributed by atoms with Crippen molar-refractivity contribution in [1.82, 2.24) is 0 Å². The molecule has 0 bridgehead atoms. The zero-order valence-electron chi connectivity index (χ0n) is 15.6. The minimum absolute atomic E-state index is 0.505. The van der Waals surface area contributed by atoms with Gasteiger partial charge in [0.05, 0.1) is 18.0 Å². The lowest BCUT2D eigenvalue weighted by Gasteiger charge is -2.02. The molecule has 4 N–H and O–H groups in total. The molecular weight excluding hydrogens is 366 g/mol. The van der Waals surface area contributed by atoms with E-state index in [9.17, 15) is 4.79 Å². The minimum atomic E-state index is -1.18. The zero-order valence-corrected chi connectivity index (χ0v) is 15.6. The Bertz CT molecular complexity index is 1070. The third kappa shape index (κ3) is 5.01. The number of fused-ring (bicyclic) bond motifs is 2. The average molecular weight is 387 g/mol. The molecule has 29 heavy (non-hydrogen) atoms. The summed E-state index contributed by atoms with van der Waals surface area (Å²) in [7, 11) is 0. The average Bonchev–Trinajstić information content (AvgIpc) is 2.77. The summed E-state index contributed by atoms with van der Waals surface area (Å²) in [6.45, 7) is -0.505. The van der Waals surface area contributed by atoms with Gasteiger partial charge in [-0.25, -0.2) is 0 Å². The Morgan fingerprint density at radius 2 is 1.17 bits per heavy atom. The fourth-order valence-corrected chi connectivity index (χ4v) is 2.78. The van der Waals surface area contributed by atoms with Crippen LogP contribution in [0.2, 0.25) is 0 Å². The highest BCUT2D eigenvalue weighted by Crippen LogP contribution is 2.30. The van der Waals surface area contributed by atoms with E-state index in [2.05, 4.69) is 46.6 Å². The summed E-state index contributed by atoms with van der Waals surface area (Å²) in [5.74, 6) is -1.18. The molecule has 0 heterocycles. The molecule has 0 saturated carbocycles. The van der Waals surface area contributed by atoms with Crippen molar-refractivity contribution in [3.63, 3.8) is 0 Å². The van der Waals surface area contributed by atoms with E-state index in [4.69, 9.17) is 15.9 Å². The number of nitrogens with zero attached hydrogens (tertiary/aromatic N) is 2. The topological polar surface area (TPSA) is 108 Å². The predicted molar refractivity (Wildman–Crippen MR) is 115 cm³/mol. The lowest BCUT2D eigenvalue weighted by atomic mass is 10.1. The van der Waals surface area contributed by atoms with Crippen LogP contribution in [0.25, 0.3) is 21.5 Å². The predicted octanol–water partition coefficient (Wildman–Crippen LogP) is 4.80. The van der Waals surface area contributed by atoms with Gasteiger partial charge in [0.1, 0.15) is 6.04 Å². The van der Waals surface area contributed by atoms with Crippen LogP contribution < -0.4 is 5.73 Å². The largest absolute Gasteiger partial charge is 0.480 e. The second kappa shape index (κ2) is 9.54. The summed E-state index contributed by atoms with van der Waals surface area (Å²) in [6.07, 6.45) is 0. The van der Waals surface area contributed by atoms with E-state index in [1.165, 1.54) is 10.8 Å². The first-order valence-corrected chi connectivity index (χ1v) is 9.06. The summed E-state index contributed by atoms with van der Waals surface area (Å²) >= 11 is 0. The first-order chi connectivity index (χ1) is 14.1. The van der Waals surface area contributed by atoms with Gasteiger partial charge in [0.25, 0.3) is 0 Å². The lowest BCUT2D eigenvalue weighted by Crippen LogP contribution is -2.33. The number of aliphatic hydroxyl groups excluding tert-OH is 1. The molecule has 0 fully saturated rings. The quantitative estimate of drug-likeness (QED) is 0.437. The van der Waals surface area contributed by atoms with Crippen LogP contribution in [0.5, 0.6) is 0 Å². The van der Waals surface area contributed by atoms with Crippen LogP contribution in [0.4, 0.5) is 11.4 Å². The summed E-state index contributed by atoms with van der Waals surface area (Å²) in [6, 6.07) is 27.5. The van der Waals surface area contributed by atoms with E-state index in [0.717, 1.165) is 22.1 Å². The van der Waals surface area contributed by atoms with Gasteiger partial charge in [0, 0.05) is 10.8 Å². The molecule has 0 spiro atoms. The van der Waals surface area contributed by atoms with Crippen molar-refractivity contribution in [3.8, 4) is 0 Å². The third-order valence-electron chi connectivity index (χ3n) is 4.31. The smallest absolute Gasteiger partial charge is 0.322 e. The Morgan fingerprint density at radius 3 is 1.55 bits per heavy atom. The number of carboxylic acids is 1. The molecule has 0 aliphatic rings. The molecule has 146 valence electrons. The molecule has 4 rings (SSSR count). The number of nitrogens with two attached hydrogens (primary N) is 1. The van der Waals surface area contributed by atoms with Crippen LogP contribution in [0, 0.1) is 0 Å². The standard InChI is InChI=1S/C20H14N2.C3H7NO3/c1-3-11-17-15(7-1)9-5-13-19(17)21-22-20-14-6-10-16-8-2-4-12-18(16)20;4-2(1-5)3(6)7/h1-14H;2,5H,1,4H2,(H,6,7)/t;2-/m.0/s1. The maximum Gasteiger partial charge on any atom is 0.322 e. The van der Waals surface area contributed by atoms with E-state index >= 15 is 0 Å². The molecule has 0 amide bonds. The van der Waals surface area contributed by atoms with Crippen molar-refractivity contribution in [3.05, 3.63) is 84.9 Å². The van der Waals surface area contributed by atoms with E-state index in [1.807, 2.05) is 48.5 Å². The molecule has 0 radical (unpaired) electrons. The van der Waals surface area contributed by atoms with Gasteiger partial charge < -0.3 is 15.9 Å². The van der Waals surface area contributed by atoms with Gasteiger partial charge in [-0.3, -0.25) is 4.79 Å². The third-order valence-corrected chi connectivity index (χ3v) is 4.31. The van der Waals surface area contributed by atoms with Crippen molar-refractivity contribution in [2.75, 3.05) is 6.61 Å². The number of benzene rings is 4. The molecule has 6 nitrogen and oxygen atoms in total. The van der Waals surface area contributed by atoms with Gasteiger partial charge in [0.15, 0.2) is 0 Å². The van der Waals surface area contributed by atoms with Crippen LogP contribution in [0.1, 0.15) is 0 Å². The molecule has 4 aromatic rings. The van der Waals surface area contributed by atoms with Crippen molar-refractivity contribution in [2.45, 2.75) is 6.04 Å². The first-order valence-electron chi connectivity index (χ1n) is 9.06. The Morgan fingerprint density at radius 1 is 0.759 bits per heavy atom. The van der Waals surface area contributed by atoms with E-state index in [-0.39, 0.29) is 0 Å². The van der Waals surface area contributed by atoms with Crippen molar-refractivity contribution < 1.29 is 15.0 Å². The fourth-order valence-electron chi connectivity index (χ4n) is 2.78. The molecule has 4 aromatic carbocycles. The number of rotatable bonds is 4. The molecule has 0 saturated heterocycles. The van der Waals surface area contributed by atoms with Crippen LogP contribution in [0.3, 0.4) is 0 Å². The van der Waals surface area contributed by atoms with Gasteiger partial charge in [-0.15, -0.1) is 10.2 Å². The Labute approximate surface area is 167 Å². The number of aliphatic hydroxyl groups is 1. The molecule has 0 aliphatic heterocycles. The number of hydrogen-bond donors (Lipinski definition) is 3. The molecular formula is C23H21N3O3. The lowest BCUT2D eigenvalue weighted by molar-refractivity contribution is -0.139. The first kappa shape index (κ1) is 20.1. The van der Waals surface area contributed by atoms with Crippen LogP contribution >= 0.6 is 0 Å². The summed E-state index contributed by atoms with van der Waals surface area (Å²) in [5.41, 5.74) is 6.56. The summed E-state index contributed by atoms with van der Waals surface area (Å²) in [4.78, 5) is 9.65. The maximum atomic E-state index is 9.65. The highest BCUT2D eigenvalue weighted by Gasteiger charge is 2.07. The molecule has 1 atom stereocenters. The Balaban J connectivity index is 0.000000298. The highest BCUT2D eigenvalue weighted by atomic mass is 16.4. The van der Waals surface area contributed by atoms with Gasteiger partial charge >= 0.3 is 5.97 Å². The summed E-state index contributed by atoms with van der Waals surface area (Å²) < 4.78 is 0. The number of hydrogen-bond acceptors (Lipinski definition) is 5. The normalized spacial score (nSPS) is 11.9. The van der Waals surface area contributed by atoms with Crippen LogP contribution in [-0.4, -0.2) is 28.8 Å². The summed E-state index contributed by atoms with van der Waals surface area (Å²) in [5, 5.41) is 29.5. The number of aliphatic carboxylic acids is 1. The number of carbonyl (C=O) groups is 1. The van der Waals surface area contributed by atoms with E-state index in [0.29, 0.717) is 0 Å². The second-order valence-electron chi connectivity index (χ2n) is 6.32. The van der Waals surface area contributed by atoms with Gasteiger partial charge in [-0.2, -0.15) is 0 Å². The second-order valence-corrected chi connectivity index (χ2v) is 6.32. The maximum absolute atomic E-state index is 9.65. The van der Waals surface area contributed by atoms with E-state index < -0.39 is 18.6 Å². The SMILES string of the molecule is N[C@@H](CO)C(=O)O.c1ccc2c(N=Nc3cccc4ccccc34)cccc2c1. The van der Waals surface area contributed by atoms with Crippen molar-refractivity contribution in [1.29, 1.82) is 0 Å². The van der Waals surface area contributed by atoms with Gasteiger partial charge in [-0.1, -0.05) is 72.8 Å². The number of carboxylic acid groups (broad SMARTS) is 1. The molecule has 0 aliphatic carbocycles. The fraction of sp³-hybridized carbons (Fsp3) is 0.0870. The van der Waals surface area contributed by atoms with Crippen LogP contribution in [0.15, 0.2) is 95.2 Å². The molecule has 0 unspecified atom stereocenters. The number of azo groups is 1. The monoisotopic (exact) mass is 387 g/mol. The Kier molecular flexibility index (Phi) is 6.63. The molecule has 6 heteroatoms. The van der Waals surface area contributed by atoms with Crippen molar-refractivity contribution in [2.24, 2.45) is 16.0 Å². The van der Waals surface area contributed by atoms with Gasteiger partial charge in [-0.05, 0) is 22.9 Å². The highest BCUT2D eigenvalue weighted by molar-refractivity contribution is 5.93. The molecule has 0 aromatic heterocycles. The minimum Gasteiger partial charge on any atom is -0.480 e. The zero-order chi connectivity index (χ0) is 20.6. The van der Waals surface area contributed by atoms with Gasteiger partial charge in [0.2, 0.25) is 0 Å². The van der Waals surface area contributed by atoms with E-state index in [1.54, 1.807) is 0 Å². The van der Waals surface area contributed by atoms with Crippen LogP contribution in [-0.2, 0) is 4.79 Å². The Hall–Kier alpha value is -3.61.